The van der Waals surface area contributed by atoms with E-state index in [1.165, 1.54) is 0 Å². The maximum Gasteiger partial charge on any atom is 0.0741 e. The maximum atomic E-state index is 2.53. The molecule has 7 heteroatoms. The fraction of sp³-hybridized carbons (Fsp3) is 0.857. The highest BCUT2D eigenvalue weighted by molar-refractivity contribution is 8.78. The van der Waals surface area contributed by atoms with Crippen LogP contribution in [0.2, 0.25) is 78.6 Å². The molecule has 0 N–H and O–H groups in total. The van der Waals surface area contributed by atoms with E-state index in [4.69, 9.17) is 0 Å². The molecule has 0 saturated heterocycles. The largest absolute Gasteiger partial charge is 0.0741 e. The highest BCUT2D eigenvalue weighted by Gasteiger charge is 2.33. The molecule has 0 amide bonds. The Labute approximate surface area is 145 Å². The van der Waals surface area contributed by atoms with Crippen molar-refractivity contribution in [1.29, 1.82) is 0 Å². The Hall–Kier alpha value is 1.56. The fourth-order valence-electron chi connectivity index (χ4n) is 2.90. The van der Waals surface area contributed by atoms with Gasteiger partial charge in [-0.15, -0.1) is 0 Å². The van der Waals surface area contributed by atoms with Crippen LogP contribution in [-0.2, 0) is 0 Å². The molecule has 0 aromatic rings. The molecule has 0 rings (SSSR count). The van der Waals surface area contributed by atoms with Crippen LogP contribution in [0.1, 0.15) is 0 Å². The molecule has 0 atom stereocenters. The molecule has 0 spiro atoms. The van der Waals surface area contributed by atoms with Crippen LogP contribution in [0.5, 0.6) is 0 Å². The first kappa shape index (κ1) is 22.6. The van der Waals surface area contributed by atoms with Crippen molar-refractivity contribution in [2.45, 2.75) is 78.6 Å². The Morgan fingerprint density at radius 1 is 0.476 bits per heavy atom. The van der Waals surface area contributed by atoms with E-state index in [1.54, 1.807) is 14.8 Å². The SMILES string of the molecule is C[Si](C)(C)C(=PSP=C([Si](C)(C)C)[Si](C)(C)C)[Si](C)(C)C. The van der Waals surface area contributed by atoms with Crippen LogP contribution < -0.4 is 0 Å². The minimum Gasteiger partial charge on any atom is -0.0659 e. The number of hydrogen-bond donors (Lipinski definition) is 0. The molecule has 0 heterocycles. The molecule has 0 aromatic heterocycles. The first-order chi connectivity index (χ1) is 8.97. The first-order valence-electron chi connectivity index (χ1n) is 7.81. The Kier molecular flexibility index (Phi) is 8.19. The Bertz CT molecular complexity index is 346. The van der Waals surface area contributed by atoms with Gasteiger partial charge in [0.2, 0.25) is 0 Å². The summed E-state index contributed by atoms with van der Waals surface area (Å²) in [5, 5.41) is 0. The molecular weight excluding hydrogens is 375 g/mol. The van der Waals surface area contributed by atoms with Gasteiger partial charge in [-0.2, -0.15) is 0 Å². The highest BCUT2D eigenvalue weighted by Crippen LogP contribution is 2.41. The lowest BCUT2D eigenvalue weighted by Crippen LogP contribution is -2.48. The van der Waals surface area contributed by atoms with E-state index in [2.05, 4.69) is 89.6 Å². The van der Waals surface area contributed by atoms with Gasteiger partial charge in [-0.25, -0.2) is 0 Å². The third kappa shape index (κ3) is 8.28. The van der Waals surface area contributed by atoms with Gasteiger partial charge in [0.05, 0.1) is 32.3 Å². The van der Waals surface area contributed by atoms with Crippen molar-refractivity contribution in [1.82, 2.24) is 0 Å². The molecule has 0 aliphatic heterocycles. The van der Waals surface area contributed by atoms with Crippen molar-refractivity contribution < 1.29 is 0 Å². The lowest BCUT2D eigenvalue weighted by atomic mass is 11.7. The maximum absolute atomic E-state index is 2.53. The van der Waals surface area contributed by atoms with Crippen molar-refractivity contribution >= 4 is 67.2 Å². The Morgan fingerprint density at radius 2 is 0.667 bits per heavy atom. The van der Waals surface area contributed by atoms with Gasteiger partial charge in [-0.3, -0.25) is 0 Å². The van der Waals surface area contributed by atoms with Crippen molar-refractivity contribution in [2.24, 2.45) is 0 Å². The quantitative estimate of drug-likeness (QED) is 0.327. The highest BCUT2D eigenvalue weighted by atomic mass is 33.0. The zero-order valence-corrected chi connectivity index (χ0v) is 22.9. The zero-order valence-electron chi connectivity index (χ0n) is 16.3. The molecule has 0 aliphatic carbocycles. The van der Waals surface area contributed by atoms with Crippen LogP contribution in [0.4, 0.5) is 0 Å². The van der Waals surface area contributed by atoms with E-state index in [0.717, 1.165) is 0 Å². The summed E-state index contributed by atoms with van der Waals surface area (Å²) in [4.78, 5) is 0. The fourth-order valence-corrected chi connectivity index (χ4v) is 42.2. The van der Waals surface area contributed by atoms with Gasteiger partial charge in [0.15, 0.2) is 0 Å². The topological polar surface area (TPSA) is 0 Å². The van der Waals surface area contributed by atoms with E-state index in [9.17, 15) is 0 Å². The first-order valence-corrected chi connectivity index (χ1v) is 25.6. The lowest BCUT2D eigenvalue weighted by Gasteiger charge is -2.31. The Morgan fingerprint density at radius 3 is 0.810 bits per heavy atom. The summed E-state index contributed by atoms with van der Waals surface area (Å²) in [6, 6.07) is 0. The molecule has 0 fully saturated rings. The summed E-state index contributed by atoms with van der Waals surface area (Å²) >= 11 is 2.19. The monoisotopic (exact) mass is 410 g/mol. The molecule has 0 unspecified atom stereocenters. The van der Waals surface area contributed by atoms with Crippen LogP contribution in [0.15, 0.2) is 0 Å². The molecule has 0 radical (unpaired) electrons. The van der Waals surface area contributed by atoms with Gasteiger partial charge in [0.25, 0.3) is 0 Å². The second kappa shape index (κ2) is 7.63. The van der Waals surface area contributed by atoms with Crippen molar-refractivity contribution in [2.75, 3.05) is 0 Å². The molecule has 0 aromatic carbocycles. The van der Waals surface area contributed by atoms with Gasteiger partial charge < -0.3 is 0 Å². The summed E-state index contributed by atoms with van der Waals surface area (Å²) in [7, 11) is -1.32. The average Bonchev–Trinajstić information content (AvgIpc) is 2.07. The molecule has 0 bridgehead atoms. The second-order valence-corrected chi connectivity index (χ2v) is 37.1. The van der Waals surface area contributed by atoms with Gasteiger partial charge >= 0.3 is 0 Å². The van der Waals surface area contributed by atoms with E-state index in [-0.39, 0.29) is 0 Å². The summed E-state index contributed by atoms with van der Waals surface area (Å²) in [6.45, 7) is 30.4. The third-order valence-corrected chi connectivity index (χ3v) is 32.7. The van der Waals surface area contributed by atoms with Crippen molar-refractivity contribution in [3.63, 3.8) is 0 Å². The Balaban J connectivity index is 5.54. The smallest absolute Gasteiger partial charge is 0.0659 e. The minimum absolute atomic E-state index is 1.13. The zero-order chi connectivity index (χ0) is 17.3. The second-order valence-electron chi connectivity index (χ2n) is 9.96. The predicted octanol–water partition coefficient (Wildman–Crippen LogP) is 7.30. The molecule has 21 heavy (non-hydrogen) atoms. The molecular formula is C14H36P2SSi4. The molecule has 0 nitrogen and oxygen atoms in total. The van der Waals surface area contributed by atoms with Crippen LogP contribution in [0.25, 0.3) is 0 Å². The minimum atomic E-state index is -1.13. The van der Waals surface area contributed by atoms with E-state index >= 15 is 0 Å². The molecule has 124 valence electrons. The summed E-state index contributed by atoms with van der Waals surface area (Å²) in [5.41, 5.74) is 0. The van der Waals surface area contributed by atoms with Crippen molar-refractivity contribution in [3.8, 4) is 0 Å². The number of hydrogen-bond acceptors (Lipinski definition) is 1. The van der Waals surface area contributed by atoms with E-state index in [1.807, 2.05) is 9.08 Å². The predicted molar refractivity (Wildman–Crippen MR) is 125 cm³/mol. The van der Waals surface area contributed by atoms with Gasteiger partial charge in [-0.05, 0) is 25.8 Å². The van der Waals surface area contributed by atoms with Gasteiger partial charge in [0, 0.05) is 0 Å². The standard InChI is InChI=1S/C14H36P2SSi4/c1-18(2,3)13(19(4,5)6)15-17-16-14(20(7,8)9)21(10,11)12/h1-12H3. The molecule has 0 aliphatic rings. The summed E-state index contributed by atoms with van der Waals surface area (Å²) in [5.74, 6) is 0. The van der Waals surface area contributed by atoms with Crippen LogP contribution >= 0.6 is 25.8 Å². The average molecular weight is 411 g/mol. The van der Waals surface area contributed by atoms with E-state index < -0.39 is 32.3 Å². The lowest BCUT2D eigenvalue weighted by molar-refractivity contribution is 1.79. The van der Waals surface area contributed by atoms with Gasteiger partial charge in [0.1, 0.15) is 0 Å². The van der Waals surface area contributed by atoms with Gasteiger partial charge in [-0.1, -0.05) is 87.6 Å². The third-order valence-electron chi connectivity index (χ3n) is 3.11. The van der Waals surface area contributed by atoms with E-state index in [0.29, 0.717) is 0 Å². The van der Waals surface area contributed by atoms with Crippen LogP contribution in [0, 0.1) is 0 Å². The summed E-state index contributed by atoms with van der Waals surface area (Å²) < 4.78 is 3.89. The summed E-state index contributed by atoms with van der Waals surface area (Å²) in [6.07, 6.45) is 0. The number of rotatable bonds is 6. The normalized spacial score (nSPS) is 14.7. The van der Waals surface area contributed by atoms with Crippen molar-refractivity contribution in [3.05, 3.63) is 0 Å². The molecule has 0 saturated carbocycles. The van der Waals surface area contributed by atoms with Crippen LogP contribution in [0.3, 0.4) is 0 Å². The van der Waals surface area contributed by atoms with Crippen LogP contribution in [-0.4, -0.2) is 41.4 Å².